The van der Waals surface area contributed by atoms with Crippen LogP contribution in [0.5, 0.6) is 0 Å². The Kier molecular flexibility index (Phi) is 3.14. The van der Waals surface area contributed by atoms with Crippen molar-refractivity contribution >= 4 is 11.6 Å². The molecule has 0 aromatic heterocycles. The molecule has 0 amide bonds. The van der Waals surface area contributed by atoms with E-state index < -0.39 is 0 Å². The highest BCUT2D eigenvalue weighted by Crippen LogP contribution is 2.50. The van der Waals surface area contributed by atoms with Crippen LogP contribution >= 0.6 is 11.6 Å². The van der Waals surface area contributed by atoms with Gasteiger partial charge in [0, 0.05) is 10.6 Å². The van der Waals surface area contributed by atoms with E-state index in [0.717, 1.165) is 17.5 Å². The van der Waals surface area contributed by atoms with Crippen molar-refractivity contribution in [1.29, 1.82) is 0 Å². The van der Waals surface area contributed by atoms with Gasteiger partial charge in [-0.15, -0.1) is 0 Å². The molecular formula is C15H20ClN. The molecule has 0 spiro atoms. The molecule has 2 fully saturated rings. The minimum absolute atomic E-state index is 0.175. The molecule has 1 nitrogen and oxygen atoms in total. The summed E-state index contributed by atoms with van der Waals surface area (Å²) < 4.78 is 0. The summed E-state index contributed by atoms with van der Waals surface area (Å²) in [7, 11) is 0. The van der Waals surface area contributed by atoms with Crippen molar-refractivity contribution in [2.75, 3.05) is 6.54 Å². The Morgan fingerprint density at radius 2 is 1.94 bits per heavy atom. The second kappa shape index (κ2) is 4.62. The number of halogens is 1. The molecule has 1 aliphatic heterocycles. The molecule has 1 atom stereocenters. The predicted octanol–water partition coefficient (Wildman–Crippen LogP) is 4.11. The molecule has 2 aliphatic rings. The van der Waals surface area contributed by atoms with E-state index in [0.29, 0.717) is 0 Å². The molecular weight excluding hydrogens is 230 g/mol. The highest BCUT2D eigenvalue weighted by atomic mass is 35.5. The maximum Gasteiger partial charge on any atom is 0.0478 e. The Morgan fingerprint density at radius 3 is 2.71 bits per heavy atom. The molecule has 1 aromatic carbocycles. The monoisotopic (exact) mass is 249 g/mol. The van der Waals surface area contributed by atoms with Crippen LogP contribution in [-0.4, -0.2) is 6.54 Å². The van der Waals surface area contributed by atoms with Crippen molar-refractivity contribution in [3.63, 3.8) is 0 Å². The van der Waals surface area contributed by atoms with Crippen molar-refractivity contribution in [2.24, 2.45) is 5.92 Å². The molecule has 0 bridgehead atoms. The summed E-state index contributed by atoms with van der Waals surface area (Å²) in [5, 5.41) is 4.77. The summed E-state index contributed by atoms with van der Waals surface area (Å²) in [6.07, 6.45) is 7.96. The lowest BCUT2D eigenvalue weighted by Gasteiger charge is -2.35. The lowest BCUT2D eigenvalue weighted by atomic mass is 9.81. The van der Waals surface area contributed by atoms with E-state index in [9.17, 15) is 0 Å². The van der Waals surface area contributed by atoms with E-state index in [1.807, 2.05) is 12.1 Å². The van der Waals surface area contributed by atoms with Gasteiger partial charge >= 0.3 is 0 Å². The van der Waals surface area contributed by atoms with Crippen molar-refractivity contribution in [3.05, 3.63) is 34.9 Å². The SMILES string of the molecule is Clc1ccccc1C1(C2CC2)CCCCCN1. The van der Waals surface area contributed by atoms with Gasteiger partial charge in [-0.3, -0.25) is 0 Å². The van der Waals surface area contributed by atoms with E-state index in [-0.39, 0.29) is 5.54 Å². The largest absolute Gasteiger partial charge is 0.307 e. The summed E-state index contributed by atoms with van der Waals surface area (Å²) in [4.78, 5) is 0. The molecule has 92 valence electrons. The fourth-order valence-corrected chi connectivity index (χ4v) is 3.61. The quantitative estimate of drug-likeness (QED) is 0.832. The average molecular weight is 250 g/mol. The van der Waals surface area contributed by atoms with Gasteiger partial charge in [0.25, 0.3) is 0 Å². The van der Waals surface area contributed by atoms with Crippen LogP contribution < -0.4 is 5.32 Å². The van der Waals surface area contributed by atoms with E-state index in [1.165, 1.54) is 44.1 Å². The summed E-state index contributed by atoms with van der Waals surface area (Å²) in [5.41, 5.74) is 1.51. The number of rotatable bonds is 2. The Bertz CT molecular complexity index is 390. The average Bonchev–Trinajstić information content (AvgIpc) is 3.17. The Hall–Kier alpha value is -0.530. The van der Waals surface area contributed by atoms with Gasteiger partial charge in [-0.05, 0) is 49.8 Å². The molecule has 17 heavy (non-hydrogen) atoms. The van der Waals surface area contributed by atoms with Gasteiger partial charge in [-0.1, -0.05) is 42.6 Å². The van der Waals surface area contributed by atoms with E-state index in [1.54, 1.807) is 0 Å². The first-order valence-electron chi connectivity index (χ1n) is 6.83. The van der Waals surface area contributed by atoms with Crippen LogP contribution in [0.1, 0.15) is 44.1 Å². The van der Waals surface area contributed by atoms with Crippen molar-refractivity contribution < 1.29 is 0 Å². The first-order valence-corrected chi connectivity index (χ1v) is 7.21. The highest BCUT2D eigenvalue weighted by Gasteiger charge is 2.46. The normalized spacial score (nSPS) is 29.9. The Labute approximate surface area is 109 Å². The molecule has 1 aliphatic carbocycles. The first kappa shape index (κ1) is 11.6. The zero-order chi connectivity index (χ0) is 11.7. The van der Waals surface area contributed by atoms with Crippen LogP contribution in [0.4, 0.5) is 0 Å². The summed E-state index contributed by atoms with van der Waals surface area (Å²) in [6.45, 7) is 1.14. The molecule has 3 rings (SSSR count). The minimum Gasteiger partial charge on any atom is -0.307 e. The minimum atomic E-state index is 0.175. The zero-order valence-corrected chi connectivity index (χ0v) is 11.0. The first-order chi connectivity index (χ1) is 8.33. The Balaban J connectivity index is 2.01. The van der Waals surface area contributed by atoms with Crippen molar-refractivity contribution in [2.45, 2.75) is 44.1 Å². The molecule has 1 saturated carbocycles. The number of nitrogens with one attached hydrogen (secondary N) is 1. The van der Waals surface area contributed by atoms with Crippen molar-refractivity contribution in [3.8, 4) is 0 Å². The summed E-state index contributed by atoms with van der Waals surface area (Å²) >= 11 is 6.43. The fourth-order valence-electron chi connectivity index (χ4n) is 3.30. The molecule has 2 heteroatoms. The smallest absolute Gasteiger partial charge is 0.0478 e. The highest BCUT2D eigenvalue weighted by molar-refractivity contribution is 6.31. The van der Waals surface area contributed by atoms with Crippen LogP contribution in [0.3, 0.4) is 0 Å². The van der Waals surface area contributed by atoms with Crippen LogP contribution in [0, 0.1) is 5.92 Å². The van der Waals surface area contributed by atoms with Gasteiger partial charge in [0.05, 0.1) is 0 Å². The predicted molar refractivity (Wildman–Crippen MR) is 72.3 cm³/mol. The van der Waals surface area contributed by atoms with Crippen LogP contribution in [0.25, 0.3) is 0 Å². The third kappa shape index (κ3) is 2.11. The van der Waals surface area contributed by atoms with E-state index in [2.05, 4.69) is 17.4 Å². The van der Waals surface area contributed by atoms with Gasteiger partial charge in [0.15, 0.2) is 0 Å². The number of hydrogen-bond acceptors (Lipinski definition) is 1. The van der Waals surface area contributed by atoms with Crippen LogP contribution in [0.15, 0.2) is 24.3 Å². The lowest BCUT2D eigenvalue weighted by molar-refractivity contribution is 0.279. The zero-order valence-electron chi connectivity index (χ0n) is 10.2. The lowest BCUT2D eigenvalue weighted by Crippen LogP contribution is -2.44. The standard InChI is InChI=1S/C15H20ClN/c16-14-7-3-2-6-13(14)15(12-8-9-12)10-4-1-5-11-17-15/h2-3,6-7,12,17H,1,4-5,8-11H2. The summed E-state index contributed by atoms with van der Waals surface area (Å²) in [6, 6.07) is 8.41. The maximum absolute atomic E-state index is 6.43. The molecule has 1 aromatic rings. The second-order valence-corrected chi connectivity index (χ2v) is 5.87. The van der Waals surface area contributed by atoms with E-state index in [4.69, 9.17) is 11.6 Å². The van der Waals surface area contributed by atoms with Gasteiger partial charge < -0.3 is 5.32 Å². The Morgan fingerprint density at radius 1 is 1.12 bits per heavy atom. The van der Waals surface area contributed by atoms with Gasteiger partial charge in [0.1, 0.15) is 0 Å². The molecule has 1 heterocycles. The summed E-state index contributed by atoms with van der Waals surface area (Å²) in [5.74, 6) is 0.806. The number of hydrogen-bond donors (Lipinski definition) is 1. The van der Waals surface area contributed by atoms with Crippen LogP contribution in [-0.2, 0) is 5.54 Å². The fraction of sp³-hybridized carbons (Fsp3) is 0.600. The van der Waals surface area contributed by atoms with Crippen LogP contribution in [0.2, 0.25) is 5.02 Å². The van der Waals surface area contributed by atoms with Gasteiger partial charge in [-0.2, -0.15) is 0 Å². The third-order valence-electron chi connectivity index (χ3n) is 4.32. The number of benzene rings is 1. The topological polar surface area (TPSA) is 12.0 Å². The molecule has 1 unspecified atom stereocenters. The van der Waals surface area contributed by atoms with Gasteiger partial charge in [-0.25, -0.2) is 0 Å². The van der Waals surface area contributed by atoms with Gasteiger partial charge in [0.2, 0.25) is 0 Å². The van der Waals surface area contributed by atoms with E-state index >= 15 is 0 Å². The molecule has 0 radical (unpaired) electrons. The molecule has 1 saturated heterocycles. The maximum atomic E-state index is 6.43. The molecule has 1 N–H and O–H groups in total. The van der Waals surface area contributed by atoms with Crippen molar-refractivity contribution in [1.82, 2.24) is 5.32 Å². The second-order valence-electron chi connectivity index (χ2n) is 5.46. The third-order valence-corrected chi connectivity index (χ3v) is 4.65.